The van der Waals surface area contributed by atoms with Gasteiger partial charge in [-0.2, -0.15) is 5.26 Å². The summed E-state index contributed by atoms with van der Waals surface area (Å²) in [5.41, 5.74) is 1.61. The van der Waals surface area contributed by atoms with Gasteiger partial charge in [0.25, 0.3) is 5.56 Å². The Morgan fingerprint density at radius 2 is 2.30 bits per heavy atom. The van der Waals surface area contributed by atoms with Crippen LogP contribution < -0.4 is 10.5 Å². The summed E-state index contributed by atoms with van der Waals surface area (Å²) < 4.78 is 1.81. The van der Waals surface area contributed by atoms with Gasteiger partial charge in [-0.15, -0.1) is 5.10 Å². The molecule has 4 heterocycles. The highest BCUT2D eigenvalue weighted by Gasteiger charge is 2.29. The van der Waals surface area contributed by atoms with Crippen molar-refractivity contribution < 1.29 is 0 Å². The third kappa shape index (κ3) is 2.14. The van der Waals surface area contributed by atoms with Crippen LogP contribution in [0.1, 0.15) is 18.0 Å². The number of fused-ring (bicyclic) bond motifs is 1. The largest absolute Gasteiger partial charge is 0.366 e. The molecule has 1 N–H and O–H groups in total. The van der Waals surface area contributed by atoms with E-state index in [0.29, 0.717) is 23.3 Å². The van der Waals surface area contributed by atoms with Crippen molar-refractivity contribution in [3.05, 3.63) is 46.6 Å². The van der Waals surface area contributed by atoms with E-state index in [4.69, 9.17) is 0 Å². The van der Waals surface area contributed by atoms with E-state index in [0.717, 1.165) is 13.0 Å². The average molecular weight is 307 g/mol. The Morgan fingerprint density at radius 1 is 1.39 bits per heavy atom. The lowest BCUT2D eigenvalue weighted by molar-refractivity contribution is 0.479. The normalized spacial score (nSPS) is 17.5. The number of hydrogen-bond acceptors (Lipinski definition) is 6. The minimum atomic E-state index is -0.382. The van der Waals surface area contributed by atoms with Crippen molar-refractivity contribution in [1.82, 2.24) is 25.0 Å². The number of nitriles is 1. The fourth-order valence-corrected chi connectivity index (χ4v) is 3.09. The summed E-state index contributed by atoms with van der Waals surface area (Å²) in [5, 5.41) is 17.3. The Morgan fingerprint density at radius 3 is 3.09 bits per heavy atom. The second-order valence-corrected chi connectivity index (χ2v) is 5.46. The zero-order valence-corrected chi connectivity index (χ0v) is 12.2. The predicted molar refractivity (Wildman–Crippen MR) is 83.0 cm³/mol. The second-order valence-electron chi connectivity index (χ2n) is 5.46. The van der Waals surface area contributed by atoms with Crippen molar-refractivity contribution >= 4 is 16.7 Å². The third-order valence-corrected chi connectivity index (χ3v) is 4.15. The van der Waals surface area contributed by atoms with Crippen molar-refractivity contribution in [1.29, 1.82) is 5.26 Å². The molecule has 0 radical (unpaired) electrons. The van der Waals surface area contributed by atoms with Crippen LogP contribution in [0.2, 0.25) is 0 Å². The first-order valence-corrected chi connectivity index (χ1v) is 7.30. The number of hydrogen-bond donors (Lipinski definition) is 1. The molecule has 3 aromatic rings. The average Bonchev–Trinajstić information content (AvgIpc) is 3.24. The highest BCUT2D eigenvalue weighted by Crippen LogP contribution is 2.31. The number of H-pyrrole nitrogens is 1. The first kappa shape index (κ1) is 13.5. The molecule has 114 valence electrons. The van der Waals surface area contributed by atoms with Gasteiger partial charge in [0.05, 0.1) is 23.4 Å². The molecule has 0 bridgehead atoms. The van der Waals surface area contributed by atoms with E-state index in [9.17, 15) is 10.1 Å². The standard InChI is InChI=1S/C15H13N7O/c16-8-11-14(13-12(19-15(11)23)2-1-4-17-13)21-6-3-10(9-21)22-7-5-18-20-22/h1-2,4-5,7,10H,3,6,9H2,(H,19,23)/t10-/m1/s1. The molecule has 3 aromatic heterocycles. The van der Waals surface area contributed by atoms with Crippen molar-refractivity contribution in [2.24, 2.45) is 0 Å². The molecular formula is C15H13N7O. The fraction of sp³-hybridized carbons (Fsp3) is 0.267. The van der Waals surface area contributed by atoms with Crippen molar-refractivity contribution in [3.63, 3.8) is 0 Å². The van der Waals surface area contributed by atoms with E-state index in [-0.39, 0.29) is 17.2 Å². The molecule has 0 aromatic carbocycles. The SMILES string of the molecule is N#Cc1c(N2CC[C@@H](n3ccnn3)C2)c2ncccc2[nH]c1=O. The molecule has 1 fully saturated rings. The van der Waals surface area contributed by atoms with Gasteiger partial charge >= 0.3 is 0 Å². The van der Waals surface area contributed by atoms with Gasteiger partial charge in [-0.3, -0.25) is 9.78 Å². The zero-order valence-electron chi connectivity index (χ0n) is 12.2. The summed E-state index contributed by atoms with van der Waals surface area (Å²) in [6, 6.07) is 5.74. The first-order chi connectivity index (χ1) is 11.3. The van der Waals surface area contributed by atoms with Gasteiger partial charge in [0.1, 0.15) is 17.1 Å². The zero-order chi connectivity index (χ0) is 15.8. The summed E-state index contributed by atoms with van der Waals surface area (Å²) in [4.78, 5) is 21.3. The summed E-state index contributed by atoms with van der Waals surface area (Å²) in [6.07, 6.45) is 6.01. The summed E-state index contributed by atoms with van der Waals surface area (Å²) in [6.45, 7) is 1.39. The molecule has 1 aliphatic rings. The van der Waals surface area contributed by atoms with Crippen LogP contribution in [0.4, 0.5) is 5.69 Å². The van der Waals surface area contributed by atoms with E-state index in [1.807, 2.05) is 21.8 Å². The molecule has 8 nitrogen and oxygen atoms in total. The minimum Gasteiger partial charge on any atom is -0.366 e. The van der Waals surface area contributed by atoms with Gasteiger partial charge < -0.3 is 9.88 Å². The first-order valence-electron chi connectivity index (χ1n) is 7.30. The van der Waals surface area contributed by atoms with Gasteiger partial charge in [-0.25, -0.2) is 4.68 Å². The molecule has 23 heavy (non-hydrogen) atoms. The highest BCUT2D eigenvalue weighted by atomic mass is 16.1. The van der Waals surface area contributed by atoms with E-state index in [1.165, 1.54) is 0 Å². The van der Waals surface area contributed by atoms with Crippen LogP contribution in [0.15, 0.2) is 35.5 Å². The van der Waals surface area contributed by atoms with Crippen LogP contribution in [-0.2, 0) is 0 Å². The van der Waals surface area contributed by atoms with Gasteiger partial charge in [0, 0.05) is 25.5 Å². The Labute approximate surface area is 131 Å². The van der Waals surface area contributed by atoms with Gasteiger partial charge in [-0.05, 0) is 18.6 Å². The van der Waals surface area contributed by atoms with Gasteiger partial charge in [0.2, 0.25) is 0 Å². The fourth-order valence-electron chi connectivity index (χ4n) is 3.09. The second kappa shape index (κ2) is 5.21. The van der Waals surface area contributed by atoms with Crippen LogP contribution in [0.5, 0.6) is 0 Å². The predicted octanol–water partition coefficient (Wildman–Crippen LogP) is 0.838. The summed E-state index contributed by atoms with van der Waals surface area (Å²) >= 11 is 0. The van der Waals surface area contributed by atoms with E-state index < -0.39 is 0 Å². The van der Waals surface area contributed by atoms with Crippen LogP contribution >= 0.6 is 0 Å². The lowest BCUT2D eigenvalue weighted by Crippen LogP contribution is -2.26. The molecule has 0 amide bonds. The highest BCUT2D eigenvalue weighted by molar-refractivity contribution is 5.91. The molecule has 0 saturated carbocycles. The van der Waals surface area contributed by atoms with Crippen LogP contribution in [0.3, 0.4) is 0 Å². The van der Waals surface area contributed by atoms with Crippen LogP contribution in [0, 0.1) is 11.3 Å². The topological polar surface area (TPSA) is 103 Å². The van der Waals surface area contributed by atoms with Crippen LogP contribution in [0.25, 0.3) is 11.0 Å². The van der Waals surface area contributed by atoms with Crippen molar-refractivity contribution in [2.45, 2.75) is 12.5 Å². The molecule has 1 saturated heterocycles. The Balaban J connectivity index is 1.83. The maximum Gasteiger partial charge on any atom is 0.268 e. The molecule has 1 aliphatic heterocycles. The van der Waals surface area contributed by atoms with Crippen molar-refractivity contribution in [2.75, 3.05) is 18.0 Å². The summed E-state index contributed by atoms with van der Waals surface area (Å²) in [5.74, 6) is 0. The summed E-state index contributed by atoms with van der Waals surface area (Å²) in [7, 11) is 0. The number of nitrogens with zero attached hydrogens (tertiary/aromatic N) is 6. The lowest BCUT2D eigenvalue weighted by atomic mass is 10.1. The molecule has 1 atom stereocenters. The number of nitrogens with one attached hydrogen (secondary N) is 1. The molecule has 0 unspecified atom stereocenters. The van der Waals surface area contributed by atoms with Gasteiger partial charge in [-0.1, -0.05) is 5.21 Å². The monoisotopic (exact) mass is 307 g/mol. The number of aromatic nitrogens is 5. The Bertz CT molecular complexity index is 954. The van der Waals surface area contributed by atoms with Crippen molar-refractivity contribution in [3.8, 4) is 6.07 Å². The number of pyridine rings is 2. The number of aromatic amines is 1. The maximum absolute atomic E-state index is 12.2. The molecule has 0 aliphatic carbocycles. The lowest BCUT2D eigenvalue weighted by Gasteiger charge is -2.20. The smallest absolute Gasteiger partial charge is 0.268 e. The van der Waals surface area contributed by atoms with E-state index in [1.54, 1.807) is 24.5 Å². The molecule has 4 rings (SSSR count). The Hall–Kier alpha value is -3.21. The van der Waals surface area contributed by atoms with Gasteiger partial charge in [0.15, 0.2) is 0 Å². The Kier molecular flexibility index (Phi) is 3.05. The molecule has 8 heteroatoms. The molecular weight excluding hydrogens is 294 g/mol. The number of rotatable bonds is 2. The van der Waals surface area contributed by atoms with E-state index >= 15 is 0 Å². The minimum absolute atomic E-state index is 0.107. The maximum atomic E-state index is 12.2. The van der Waals surface area contributed by atoms with Crippen LogP contribution in [-0.4, -0.2) is 38.1 Å². The third-order valence-electron chi connectivity index (χ3n) is 4.15. The number of anilines is 1. The quantitative estimate of drug-likeness (QED) is 0.752. The van der Waals surface area contributed by atoms with E-state index in [2.05, 4.69) is 20.3 Å². The molecule has 0 spiro atoms.